The van der Waals surface area contributed by atoms with E-state index in [2.05, 4.69) is 13.2 Å². The molecule has 2 saturated carbocycles. The first-order valence-electron chi connectivity index (χ1n) is 6.78. The summed E-state index contributed by atoms with van der Waals surface area (Å²) in [6.45, 7) is 9.85. The maximum Gasteiger partial charge on any atom is 0.334 e. The second kappa shape index (κ2) is 4.10. The summed E-state index contributed by atoms with van der Waals surface area (Å²) in [7, 11) is 0. The lowest BCUT2D eigenvalue weighted by Gasteiger charge is -2.34. The molecule has 0 aromatic heterocycles. The summed E-state index contributed by atoms with van der Waals surface area (Å²) in [5.74, 6) is -0.240. The summed E-state index contributed by atoms with van der Waals surface area (Å²) in [6.07, 6.45) is 1.44. The van der Waals surface area contributed by atoms with Crippen molar-refractivity contribution in [3.8, 4) is 0 Å². The standard InChI is InChI=1S/C15H19ClO3/c1-7-4-5-9-8(2)14(18)19-13(9)12-10(7)6-11(17)15(12,3)16/h9-13,17H,1-2,4-6H2,3H3/t9-,10?,11+,12?,13-,15-/m0/s1. The fourth-order valence-electron chi connectivity index (χ4n) is 4.02. The Morgan fingerprint density at radius 2 is 2.11 bits per heavy atom. The molecular formula is C15H19ClO3. The van der Waals surface area contributed by atoms with E-state index in [0.29, 0.717) is 12.0 Å². The molecule has 2 aliphatic carbocycles. The van der Waals surface area contributed by atoms with E-state index in [0.717, 1.165) is 18.4 Å². The summed E-state index contributed by atoms with van der Waals surface area (Å²) in [6, 6.07) is 0. The number of ether oxygens (including phenoxy) is 1. The van der Waals surface area contributed by atoms with Crippen LogP contribution < -0.4 is 0 Å². The first-order valence-corrected chi connectivity index (χ1v) is 7.16. The minimum atomic E-state index is -0.772. The molecule has 1 heterocycles. The number of halogens is 1. The second-order valence-corrected chi connectivity index (χ2v) is 7.05. The molecule has 0 aromatic carbocycles. The van der Waals surface area contributed by atoms with Crippen LogP contribution in [0.1, 0.15) is 26.2 Å². The zero-order valence-corrected chi connectivity index (χ0v) is 11.8. The Labute approximate surface area is 118 Å². The molecule has 3 aliphatic rings. The summed E-state index contributed by atoms with van der Waals surface area (Å²) < 4.78 is 5.53. The molecule has 3 nitrogen and oxygen atoms in total. The van der Waals surface area contributed by atoms with Gasteiger partial charge in [-0.1, -0.05) is 18.7 Å². The van der Waals surface area contributed by atoms with Gasteiger partial charge in [0.05, 0.1) is 11.0 Å². The van der Waals surface area contributed by atoms with E-state index in [1.165, 1.54) is 0 Å². The Balaban J connectivity index is 2.04. The first kappa shape index (κ1) is 13.2. The molecule has 104 valence electrons. The molecule has 1 saturated heterocycles. The number of allylic oxidation sites excluding steroid dienone is 1. The third kappa shape index (κ3) is 1.71. The van der Waals surface area contributed by atoms with E-state index in [1.54, 1.807) is 0 Å². The van der Waals surface area contributed by atoms with Crippen LogP contribution in [-0.2, 0) is 9.53 Å². The Morgan fingerprint density at radius 1 is 1.42 bits per heavy atom. The van der Waals surface area contributed by atoms with Crippen LogP contribution in [0.2, 0.25) is 0 Å². The van der Waals surface area contributed by atoms with Crippen molar-refractivity contribution in [2.75, 3.05) is 0 Å². The number of fused-ring (bicyclic) bond motifs is 3. The highest BCUT2D eigenvalue weighted by Crippen LogP contribution is 2.56. The lowest BCUT2D eigenvalue weighted by Crippen LogP contribution is -2.43. The van der Waals surface area contributed by atoms with Crippen molar-refractivity contribution in [3.63, 3.8) is 0 Å². The maximum absolute atomic E-state index is 11.8. The highest BCUT2D eigenvalue weighted by atomic mass is 35.5. The lowest BCUT2D eigenvalue weighted by atomic mass is 9.79. The Bertz CT molecular complexity index is 468. The number of alkyl halides is 1. The average molecular weight is 283 g/mol. The van der Waals surface area contributed by atoms with Gasteiger partial charge in [-0.05, 0) is 32.1 Å². The van der Waals surface area contributed by atoms with Crippen LogP contribution in [0.15, 0.2) is 24.3 Å². The van der Waals surface area contributed by atoms with E-state index in [-0.39, 0.29) is 29.8 Å². The molecule has 2 unspecified atom stereocenters. The van der Waals surface area contributed by atoms with Gasteiger partial charge in [-0.25, -0.2) is 4.79 Å². The quantitative estimate of drug-likeness (QED) is 0.321. The van der Waals surface area contributed by atoms with Gasteiger partial charge in [0.15, 0.2) is 0 Å². The normalized spacial score (nSPS) is 49.6. The van der Waals surface area contributed by atoms with Gasteiger partial charge in [-0.2, -0.15) is 0 Å². The summed E-state index contributed by atoms with van der Waals surface area (Å²) >= 11 is 6.58. The van der Waals surface area contributed by atoms with Gasteiger partial charge in [0, 0.05) is 17.4 Å². The number of carbonyl (C=O) groups excluding carboxylic acids is 1. The summed E-state index contributed by atoms with van der Waals surface area (Å²) in [4.78, 5) is 11.0. The minimum absolute atomic E-state index is 0.0163. The topological polar surface area (TPSA) is 46.5 Å². The summed E-state index contributed by atoms with van der Waals surface area (Å²) in [5, 5.41) is 10.2. The predicted octanol–water partition coefficient (Wildman–Crippen LogP) is 2.43. The van der Waals surface area contributed by atoms with Gasteiger partial charge in [0.2, 0.25) is 0 Å². The van der Waals surface area contributed by atoms with E-state index in [1.807, 2.05) is 6.92 Å². The van der Waals surface area contributed by atoms with Crippen molar-refractivity contribution >= 4 is 17.6 Å². The maximum atomic E-state index is 11.8. The van der Waals surface area contributed by atoms with Gasteiger partial charge >= 0.3 is 5.97 Å². The molecule has 1 aliphatic heterocycles. The van der Waals surface area contributed by atoms with E-state index in [4.69, 9.17) is 16.3 Å². The molecule has 0 radical (unpaired) electrons. The Kier molecular flexibility index (Phi) is 2.84. The number of rotatable bonds is 0. The monoisotopic (exact) mass is 282 g/mol. The fourth-order valence-corrected chi connectivity index (χ4v) is 4.39. The minimum Gasteiger partial charge on any atom is -0.458 e. The van der Waals surface area contributed by atoms with Crippen molar-refractivity contribution in [2.24, 2.45) is 17.8 Å². The van der Waals surface area contributed by atoms with Crippen molar-refractivity contribution in [2.45, 2.75) is 43.3 Å². The van der Waals surface area contributed by atoms with Crippen molar-refractivity contribution in [1.82, 2.24) is 0 Å². The lowest BCUT2D eigenvalue weighted by molar-refractivity contribution is -0.142. The molecule has 6 atom stereocenters. The first-order chi connectivity index (χ1) is 8.84. The van der Waals surface area contributed by atoms with Gasteiger partial charge in [-0.15, -0.1) is 11.6 Å². The molecule has 19 heavy (non-hydrogen) atoms. The smallest absolute Gasteiger partial charge is 0.334 e. The molecule has 0 bridgehead atoms. The molecule has 1 N–H and O–H groups in total. The van der Waals surface area contributed by atoms with Crippen LogP contribution in [0.4, 0.5) is 0 Å². The van der Waals surface area contributed by atoms with Crippen LogP contribution in [0.25, 0.3) is 0 Å². The van der Waals surface area contributed by atoms with Gasteiger partial charge in [-0.3, -0.25) is 0 Å². The highest BCUT2D eigenvalue weighted by molar-refractivity contribution is 6.24. The van der Waals surface area contributed by atoms with Crippen molar-refractivity contribution in [3.05, 3.63) is 24.3 Å². The SMILES string of the molecule is C=C1CC[C@H]2C(=C)C(=O)O[C@@H]2C2C1C[C@@H](O)[C@]2(C)Cl. The van der Waals surface area contributed by atoms with Crippen LogP contribution in [0.5, 0.6) is 0 Å². The van der Waals surface area contributed by atoms with Crippen LogP contribution in [0.3, 0.4) is 0 Å². The molecule has 0 amide bonds. The van der Waals surface area contributed by atoms with Crippen LogP contribution >= 0.6 is 11.6 Å². The van der Waals surface area contributed by atoms with E-state index in [9.17, 15) is 9.90 Å². The number of aliphatic hydroxyl groups excluding tert-OH is 1. The number of esters is 1. The molecule has 0 spiro atoms. The van der Waals surface area contributed by atoms with Gasteiger partial charge in [0.1, 0.15) is 6.10 Å². The summed E-state index contributed by atoms with van der Waals surface area (Å²) in [5.41, 5.74) is 1.67. The zero-order valence-electron chi connectivity index (χ0n) is 11.1. The molecule has 4 heteroatoms. The number of aliphatic hydroxyl groups is 1. The van der Waals surface area contributed by atoms with Crippen LogP contribution in [0, 0.1) is 17.8 Å². The van der Waals surface area contributed by atoms with E-state index >= 15 is 0 Å². The zero-order chi connectivity index (χ0) is 13.9. The third-order valence-corrected chi connectivity index (χ3v) is 5.72. The van der Waals surface area contributed by atoms with Gasteiger partial charge < -0.3 is 9.84 Å². The van der Waals surface area contributed by atoms with Crippen LogP contribution in [-0.4, -0.2) is 28.2 Å². The van der Waals surface area contributed by atoms with Gasteiger partial charge in [0.25, 0.3) is 0 Å². The number of hydrogen-bond donors (Lipinski definition) is 1. The number of hydrogen-bond acceptors (Lipinski definition) is 3. The Hall–Kier alpha value is -0.800. The van der Waals surface area contributed by atoms with E-state index < -0.39 is 11.0 Å². The predicted molar refractivity (Wildman–Crippen MR) is 72.7 cm³/mol. The number of carbonyl (C=O) groups is 1. The second-order valence-electron chi connectivity index (χ2n) is 6.23. The largest absolute Gasteiger partial charge is 0.458 e. The molecule has 3 fully saturated rings. The fraction of sp³-hybridized carbons (Fsp3) is 0.667. The van der Waals surface area contributed by atoms with Crippen molar-refractivity contribution in [1.29, 1.82) is 0 Å². The third-order valence-electron chi connectivity index (χ3n) is 5.22. The highest BCUT2D eigenvalue weighted by Gasteiger charge is 2.60. The molecule has 3 rings (SSSR count). The van der Waals surface area contributed by atoms with Crippen molar-refractivity contribution < 1.29 is 14.6 Å². The molecular weight excluding hydrogens is 264 g/mol. The Morgan fingerprint density at radius 3 is 2.79 bits per heavy atom. The molecule has 0 aromatic rings. The average Bonchev–Trinajstić information content (AvgIpc) is 2.67.